The van der Waals surface area contributed by atoms with Crippen molar-refractivity contribution < 1.29 is 22.8 Å². The fraction of sp³-hybridized carbons (Fsp3) is 0.167. The van der Waals surface area contributed by atoms with Gasteiger partial charge in [-0.05, 0) is 67.1 Å². The summed E-state index contributed by atoms with van der Waals surface area (Å²) < 4.78 is 40.6. The second-order valence-corrected chi connectivity index (χ2v) is 7.70. The minimum Gasteiger partial charge on any atom is -0.334 e. The first-order valence-corrected chi connectivity index (χ1v) is 10.5. The average molecular weight is 476 g/mol. The van der Waals surface area contributed by atoms with Crippen molar-refractivity contribution in [1.29, 1.82) is 0 Å². The zero-order valence-corrected chi connectivity index (χ0v) is 18.2. The standard InChI is InChI=1S/C24H21ClF3N3O2/c25-22-6-5-21(30-23(32)15-3-1-4-18(26)9-15)12-17(22)14-31(8-2-7-29)24(33)16-10-19(27)13-20(28)11-16/h1,3-6,9-13H,2,7-8,14,29H2,(H,30,32). The molecule has 2 amide bonds. The van der Waals surface area contributed by atoms with Crippen LogP contribution >= 0.6 is 11.6 Å². The van der Waals surface area contributed by atoms with Crippen LogP contribution in [-0.2, 0) is 6.54 Å². The smallest absolute Gasteiger partial charge is 0.255 e. The van der Waals surface area contributed by atoms with Crippen molar-refractivity contribution in [3.63, 3.8) is 0 Å². The SMILES string of the molecule is NCCCN(Cc1cc(NC(=O)c2cccc(F)c2)ccc1Cl)C(=O)c1cc(F)cc(F)c1. The second-order valence-electron chi connectivity index (χ2n) is 7.30. The van der Waals surface area contributed by atoms with Crippen LogP contribution in [0.2, 0.25) is 5.02 Å². The Morgan fingerprint density at radius 3 is 2.27 bits per heavy atom. The van der Waals surface area contributed by atoms with Gasteiger partial charge < -0.3 is 16.0 Å². The van der Waals surface area contributed by atoms with Gasteiger partial charge in [0.1, 0.15) is 17.5 Å². The molecule has 3 rings (SSSR count). The summed E-state index contributed by atoms with van der Waals surface area (Å²) in [6, 6.07) is 12.5. The Balaban J connectivity index is 1.83. The summed E-state index contributed by atoms with van der Waals surface area (Å²) in [6.07, 6.45) is 0.456. The van der Waals surface area contributed by atoms with E-state index in [0.29, 0.717) is 35.3 Å². The number of carbonyl (C=O) groups excluding carboxylic acids is 2. The Bertz CT molecular complexity index is 1150. The van der Waals surface area contributed by atoms with Crippen LogP contribution in [0.25, 0.3) is 0 Å². The van der Waals surface area contributed by atoms with Crippen molar-refractivity contribution in [2.45, 2.75) is 13.0 Å². The molecule has 3 aromatic carbocycles. The van der Waals surface area contributed by atoms with Crippen LogP contribution in [0.1, 0.15) is 32.7 Å². The van der Waals surface area contributed by atoms with E-state index in [1.54, 1.807) is 18.2 Å². The van der Waals surface area contributed by atoms with Crippen LogP contribution in [-0.4, -0.2) is 29.8 Å². The highest BCUT2D eigenvalue weighted by Gasteiger charge is 2.19. The van der Waals surface area contributed by atoms with Gasteiger partial charge in [0.25, 0.3) is 11.8 Å². The van der Waals surface area contributed by atoms with Crippen molar-refractivity contribution in [3.05, 3.63) is 99.8 Å². The maximum Gasteiger partial charge on any atom is 0.255 e. The molecule has 0 saturated carbocycles. The highest BCUT2D eigenvalue weighted by Crippen LogP contribution is 2.24. The van der Waals surface area contributed by atoms with Gasteiger partial charge >= 0.3 is 0 Å². The Labute approximate surface area is 194 Å². The monoisotopic (exact) mass is 475 g/mol. The van der Waals surface area contributed by atoms with E-state index in [1.807, 2.05) is 0 Å². The van der Waals surface area contributed by atoms with E-state index < -0.39 is 29.3 Å². The lowest BCUT2D eigenvalue weighted by atomic mass is 10.1. The number of carbonyl (C=O) groups is 2. The van der Waals surface area contributed by atoms with Crippen molar-refractivity contribution in [2.75, 3.05) is 18.4 Å². The lowest BCUT2D eigenvalue weighted by Crippen LogP contribution is -2.33. The number of nitrogens with one attached hydrogen (secondary N) is 1. The maximum absolute atomic E-state index is 13.6. The van der Waals surface area contributed by atoms with Gasteiger partial charge in [0.2, 0.25) is 0 Å². The summed E-state index contributed by atoms with van der Waals surface area (Å²) in [4.78, 5) is 26.8. The summed E-state index contributed by atoms with van der Waals surface area (Å²) in [7, 11) is 0. The molecule has 3 aromatic rings. The molecule has 0 aliphatic carbocycles. The topological polar surface area (TPSA) is 75.4 Å². The maximum atomic E-state index is 13.6. The molecule has 33 heavy (non-hydrogen) atoms. The van der Waals surface area contributed by atoms with Crippen molar-refractivity contribution in [2.24, 2.45) is 5.73 Å². The number of nitrogens with two attached hydrogens (primary N) is 1. The van der Waals surface area contributed by atoms with E-state index in [0.717, 1.165) is 18.2 Å². The predicted molar refractivity (Wildman–Crippen MR) is 121 cm³/mol. The van der Waals surface area contributed by atoms with Crippen LogP contribution in [0.4, 0.5) is 18.9 Å². The Morgan fingerprint density at radius 1 is 0.909 bits per heavy atom. The predicted octanol–water partition coefficient (Wildman–Crippen LogP) is 5.00. The zero-order valence-electron chi connectivity index (χ0n) is 17.5. The first kappa shape index (κ1) is 24.3. The average Bonchev–Trinajstić information content (AvgIpc) is 2.77. The number of amides is 2. The molecule has 0 fully saturated rings. The van der Waals surface area contributed by atoms with Crippen LogP contribution < -0.4 is 11.1 Å². The van der Waals surface area contributed by atoms with Gasteiger partial charge in [-0.25, -0.2) is 13.2 Å². The molecule has 3 N–H and O–H groups in total. The summed E-state index contributed by atoms with van der Waals surface area (Å²) >= 11 is 6.30. The van der Waals surface area contributed by atoms with Crippen LogP contribution in [0.5, 0.6) is 0 Å². The van der Waals surface area contributed by atoms with E-state index >= 15 is 0 Å². The summed E-state index contributed by atoms with van der Waals surface area (Å²) in [6.45, 7) is 0.544. The van der Waals surface area contributed by atoms with Crippen molar-refractivity contribution in [1.82, 2.24) is 4.90 Å². The lowest BCUT2D eigenvalue weighted by Gasteiger charge is -2.24. The van der Waals surface area contributed by atoms with Crippen LogP contribution in [0, 0.1) is 17.5 Å². The molecular weight excluding hydrogens is 455 g/mol. The van der Waals surface area contributed by atoms with E-state index in [1.165, 1.54) is 23.1 Å². The van der Waals surface area contributed by atoms with Crippen molar-refractivity contribution in [3.8, 4) is 0 Å². The van der Waals surface area contributed by atoms with Crippen LogP contribution in [0.3, 0.4) is 0 Å². The van der Waals surface area contributed by atoms with E-state index in [4.69, 9.17) is 17.3 Å². The normalized spacial score (nSPS) is 10.7. The van der Waals surface area contributed by atoms with Gasteiger partial charge in [0, 0.05) is 41.0 Å². The Morgan fingerprint density at radius 2 is 1.61 bits per heavy atom. The fourth-order valence-electron chi connectivity index (χ4n) is 3.21. The van der Waals surface area contributed by atoms with E-state index in [9.17, 15) is 22.8 Å². The molecule has 0 aromatic heterocycles. The molecule has 0 atom stereocenters. The zero-order chi connectivity index (χ0) is 24.0. The van der Waals surface area contributed by atoms with Crippen molar-refractivity contribution >= 4 is 29.1 Å². The second kappa shape index (κ2) is 11.0. The third-order valence-electron chi connectivity index (χ3n) is 4.78. The molecule has 9 heteroatoms. The number of nitrogens with zero attached hydrogens (tertiary/aromatic N) is 1. The number of benzene rings is 3. The molecule has 0 spiro atoms. The first-order chi connectivity index (χ1) is 15.8. The van der Waals surface area contributed by atoms with Gasteiger partial charge in [-0.1, -0.05) is 17.7 Å². The highest BCUT2D eigenvalue weighted by molar-refractivity contribution is 6.31. The van der Waals surface area contributed by atoms with Gasteiger partial charge in [-0.15, -0.1) is 0 Å². The minimum absolute atomic E-state index is 0.0134. The van der Waals surface area contributed by atoms with Gasteiger partial charge in [-0.3, -0.25) is 9.59 Å². The summed E-state index contributed by atoms with van der Waals surface area (Å²) in [5.41, 5.74) is 6.45. The number of anilines is 1. The Hall–Kier alpha value is -3.36. The number of rotatable bonds is 8. The van der Waals surface area contributed by atoms with E-state index in [-0.39, 0.29) is 24.2 Å². The number of hydrogen-bond donors (Lipinski definition) is 2. The molecule has 0 aliphatic rings. The number of halogens is 4. The number of hydrogen-bond acceptors (Lipinski definition) is 3. The first-order valence-electron chi connectivity index (χ1n) is 10.1. The quantitative estimate of drug-likeness (QED) is 0.481. The summed E-state index contributed by atoms with van der Waals surface area (Å²) in [5, 5.41) is 2.99. The Kier molecular flexibility index (Phi) is 8.08. The molecule has 0 unspecified atom stereocenters. The van der Waals surface area contributed by atoms with Crippen LogP contribution in [0.15, 0.2) is 60.7 Å². The van der Waals surface area contributed by atoms with Gasteiger partial charge in [0.15, 0.2) is 0 Å². The van der Waals surface area contributed by atoms with Gasteiger partial charge in [-0.2, -0.15) is 0 Å². The molecule has 5 nitrogen and oxygen atoms in total. The molecule has 0 radical (unpaired) electrons. The molecule has 0 saturated heterocycles. The molecule has 0 aliphatic heterocycles. The third-order valence-corrected chi connectivity index (χ3v) is 5.15. The fourth-order valence-corrected chi connectivity index (χ4v) is 3.38. The minimum atomic E-state index is -0.864. The van der Waals surface area contributed by atoms with Gasteiger partial charge in [0.05, 0.1) is 0 Å². The molecule has 0 heterocycles. The summed E-state index contributed by atoms with van der Waals surface area (Å²) in [5.74, 6) is -3.38. The molecule has 172 valence electrons. The highest BCUT2D eigenvalue weighted by atomic mass is 35.5. The lowest BCUT2D eigenvalue weighted by molar-refractivity contribution is 0.0741. The third kappa shape index (κ3) is 6.57. The van der Waals surface area contributed by atoms with E-state index in [2.05, 4.69) is 5.32 Å². The largest absolute Gasteiger partial charge is 0.334 e. The molecule has 0 bridgehead atoms. The molecular formula is C24H21ClF3N3O2.